The number of ether oxygens (including phenoxy) is 1. The number of nitrogens with zero attached hydrogens (tertiary/aromatic N) is 5. The fourth-order valence-electron chi connectivity index (χ4n) is 2.51. The Kier molecular flexibility index (Phi) is 5.44. The molecular weight excluding hydrogens is 362 g/mol. The highest BCUT2D eigenvalue weighted by Crippen LogP contribution is 2.22. The van der Waals surface area contributed by atoms with E-state index in [1.807, 2.05) is 25.7 Å². The van der Waals surface area contributed by atoms with Crippen LogP contribution in [0.1, 0.15) is 34.6 Å². The third-order valence-corrected chi connectivity index (χ3v) is 3.98. The van der Waals surface area contributed by atoms with Gasteiger partial charge in [0.15, 0.2) is 0 Å². The van der Waals surface area contributed by atoms with Crippen LogP contribution in [0.3, 0.4) is 0 Å². The molecule has 2 heterocycles. The summed E-state index contributed by atoms with van der Waals surface area (Å²) in [7, 11) is 0. The highest BCUT2D eigenvalue weighted by Gasteiger charge is 2.35. The van der Waals surface area contributed by atoms with E-state index in [2.05, 4.69) is 49.9 Å². The number of rotatable bonds is 2. The third-order valence-electron chi connectivity index (χ3n) is 3.62. The van der Waals surface area contributed by atoms with E-state index in [0.29, 0.717) is 36.1 Å². The molecule has 1 saturated heterocycles. The Morgan fingerprint density at radius 2 is 2.04 bits per heavy atom. The molecule has 23 heavy (non-hydrogen) atoms. The van der Waals surface area contributed by atoms with Gasteiger partial charge >= 0.3 is 6.09 Å². The number of amides is 1. The average Bonchev–Trinajstić information content (AvgIpc) is 2.45. The van der Waals surface area contributed by atoms with Crippen molar-refractivity contribution in [3.8, 4) is 0 Å². The molecule has 1 atom stereocenters. The van der Waals surface area contributed by atoms with Crippen molar-refractivity contribution in [2.24, 2.45) is 5.92 Å². The van der Waals surface area contributed by atoms with Crippen LogP contribution in [0.15, 0.2) is 10.8 Å². The minimum Gasteiger partial charge on any atom is -0.444 e. The van der Waals surface area contributed by atoms with Crippen molar-refractivity contribution in [2.75, 3.05) is 24.5 Å². The predicted octanol–water partition coefficient (Wildman–Crippen LogP) is 2.72. The first-order valence-corrected chi connectivity index (χ1v) is 8.56. The Morgan fingerprint density at radius 1 is 1.35 bits per heavy atom. The number of halogens is 1. The van der Waals surface area contributed by atoms with Crippen LogP contribution in [0.2, 0.25) is 0 Å². The summed E-state index contributed by atoms with van der Waals surface area (Å²) in [6.07, 6.45) is 1.37. The van der Waals surface area contributed by atoms with Crippen molar-refractivity contribution in [3.63, 3.8) is 0 Å². The average molecular weight is 386 g/mol. The molecule has 2 rings (SSSR count). The Labute approximate surface area is 145 Å². The van der Waals surface area contributed by atoms with Crippen LogP contribution >= 0.6 is 15.9 Å². The van der Waals surface area contributed by atoms with Gasteiger partial charge < -0.3 is 14.5 Å². The Bertz CT molecular complexity index is 544. The van der Waals surface area contributed by atoms with Crippen LogP contribution in [0.5, 0.6) is 0 Å². The van der Waals surface area contributed by atoms with E-state index in [1.54, 1.807) is 6.20 Å². The SMILES string of the molecule is CC(C)[C@H]1CN(c2ncc(Br)nn2)CCN1C(=O)OC(C)(C)C. The van der Waals surface area contributed by atoms with Crippen molar-refractivity contribution in [2.45, 2.75) is 46.3 Å². The molecule has 128 valence electrons. The molecule has 0 saturated carbocycles. The maximum Gasteiger partial charge on any atom is 0.410 e. The van der Waals surface area contributed by atoms with E-state index in [0.717, 1.165) is 0 Å². The number of hydrogen-bond donors (Lipinski definition) is 0. The molecule has 0 bridgehead atoms. The molecule has 0 spiro atoms. The maximum absolute atomic E-state index is 12.5. The van der Waals surface area contributed by atoms with Gasteiger partial charge in [-0.1, -0.05) is 13.8 Å². The van der Waals surface area contributed by atoms with Gasteiger partial charge in [0.2, 0.25) is 5.95 Å². The lowest BCUT2D eigenvalue weighted by Gasteiger charge is -2.43. The summed E-state index contributed by atoms with van der Waals surface area (Å²) in [5.41, 5.74) is -0.492. The molecule has 1 fully saturated rings. The van der Waals surface area contributed by atoms with Gasteiger partial charge in [-0.05, 0) is 42.6 Å². The smallest absolute Gasteiger partial charge is 0.410 e. The molecule has 7 nitrogen and oxygen atoms in total. The van der Waals surface area contributed by atoms with Crippen molar-refractivity contribution in [1.82, 2.24) is 20.1 Å². The monoisotopic (exact) mass is 385 g/mol. The van der Waals surface area contributed by atoms with E-state index in [9.17, 15) is 4.79 Å². The van der Waals surface area contributed by atoms with Crippen molar-refractivity contribution >= 4 is 28.0 Å². The first-order chi connectivity index (χ1) is 10.7. The fraction of sp³-hybridized carbons (Fsp3) is 0.733. The lowest BCUT2D eigenvalue weighted by Crippen LogP contribution is -2.58. The summed E-state index contributed by atoms with van der Waals surface area (Å²) in [4.78, 5) is 20.6. The lowest BCUT2D eigenvalue weighted by atomic mass is 10.00. The van der Waals surface area contributed by atoms with Crippen molar-refractivity contribution in [3.05, 3.63) is 10.8 Å². The minimum absolute atomic E-state index is 0.0471. The molecule has 1 aromatic rings. The largest absolute Gasteiger partial charge is 0.444 e. The van der Waals surface area contributed by atoms with Crippen LogP contribution in [0.25, 0.3) is 0 Å². The zero-order valence-corrected chi connectivity index (χ0v) is 15.9. The molecular formula is C15H24BrN5O2. The van der Waals surface area contributed by atoms with E-state index < -0.39 is 5.60 Å². The zero-order valence-electron chi connectivity index (χ0n) is 14.3. The maximum atomic E-state index is 12.5. The summed E-state index contributed by atoms with van der Waals surface area (Å²) in [5, 5.41) is 8.09. The lowest BCUT2D eigenvalue weighted by molar-refractivity contribution is 0.00872. The second-order valence-electron chi connectivity index (χ2n) is 7.01. The molecule has 8 heteroatoms. The van der Waals surface area contributed by atoms with Gasteiger partial charge in [-0.3, -0.25) is 0 Å². The van der Waals surface area contributed by atoms with Gasteiger partial charge in [-0.25, -0.2) is 9.78 Å². The number of carbonyl (C=O) groups excluding carboxylic acids is 1. The van der Waals surface area contributed by atoms with E-state index in [-0.39, 0.29) is 12.1 Å². The Hall–Kier alpha value is -1.44. The normalized spacial score (nSPS) is 19.2. The van der Waals surface area contributed by atoms with E-state index in [4.69, 9.17) is 4.74 Å². The standard InChI is InChI=1S/C15H24BrN5O2/c1-10(2)11-9-20(13-17-8-12(16)18-19-13)6-7-21(11)14(22)23-15(3,4)5/h8,10-11H,6-7,9H2,1-5H3/t11-/m1/s1. The molecule has 0 unspecified atom stereocenters. The second kappa shape index (κ2) is 6.98. The summed E-state index contributed by atoms with van der Waals surface area (Å²) in [5.74, 6) is 0.886. The van der Waals surface area contributed by atoms with Crippen molar-refractivity contribution < 1.29 is 9.53 Å². The first-order valence-electron chi connectivity index (χ1n) is 7.77. The van der Waals surface area contributed by atoms with Gasteiger partial charge in [0.05, 0.1) is 12.2 Å². The molecule has 0 aromatic carbocycles. The van der Waals surface area contributed by atoms with Crippen LogP contribution in [-0.4, -0.2) is 57.5 Å². The number of hydrogen-bond acceptors (Lipinski definition) is 6. The first kappa shape index (κ1) is 17.9. The minimum atomic E-state index is -0.492. The third kappa shape index (κ3) is 4.76. The zero-order chi connectivity index (χ0) is 17.2. The van der Waals surface area contributed by atoms with E-state index >= 15 is 0 Å². The number of anilines is 1. The summed E-state index contributed by atoms with van der Waals surface area (Å²) < 4.78 is 6.14. The Morgan fingerprint density at radius 3 is 2.57 bits per heavy atom. The highest BCUT2D eigenvalue weighted by molar-refractivity contribution is 9.10. The molecule has 1 amide bonds. The molecule has 1 aromatic heterocycles. The number of aromatic nitrogens is 3. The summed E-state index contributed by atoms with van der Waals surface area (Å²) in [6.45, 7) is 11.8. The Balaban J connectivity index is 2.11. The number of piperazine rings is 1. The van der Waals surface area contributed by atoms with Crippen LogP contribution in [0.4, 0.5) is 10.7 Å². The summed E-state index contributed by atoms with van der Waals surface area (Å²) >= 11 is 3.24. The van der Waals surface area contributed by atoms with Gasteiger partial charge in [-0.2, -0.15) is 0 Å². The van der Waals surface area contributed by atoms with Crippen molar-refractivity contribution in [1.29, 1.82) is 0 Å². The van der Waals surface area contributed by atoms with Gasteiger partial charge in [0, 0.05) is 19.6 Å². The van der Waals surface area contributed by atoms with E-state index in [1.165, 1.54) is 0 Å². The quantitative estimate of drug-likeness (QED) is 0.779. The number of carbonyl (C=O) groups is 1. The molecule has 1 aliphatic rings. The molecule has 0 aliphatic carbocycles. The topological polar surface area (TPSA) is 71.5 Å². The van der Waals surface area contributed by atoms with Gasteiger partial charge in [0.1, 0.15) is 10.2 Å². The predicted molar refractivity (Wildman–Crippen MR) is 91.3 cm³/mol. The van der Waals surface area contributed by atoms with Crippen LogP contribution in [-0.2, 0) is 4.74 Å². The summed E-state index contributed by atoms with van der Waals surface area (Å²) in [6, 6.07) is 0.0471. The highest BCUT2D eigenvalue weighted by atomic mass is 79.9. The van der Waals surface area contributed by atoms with Crippen LogP contribution < -0.4 is 4.90 Å². The van der Waals surface area contributed by atoms with Gasteiger partial charge in [0.25, 0.3) is 0 Å². The molecule has 0 radical (unpaired) electrons. The van der Waals surface area contributed by atoms with Gasteiger partial charge in [-0.15, -0.1) is 10.2 Å². The molecule has 1 aliphatic heterocycles. The fourth-order valence-corrected chi connectivity index (χ4v) is 2.69. The second-order valence-corrected chi connectivity index (χ2v) is 7.82. The molecule has 0 N–H and O–H groups in total. The van der Waals surface area contributed by atoms with Crippen LogP contribution in [0, 0.1) is 5.92 Å².